The van der Waals surface area contributed by atoms with E-state index in [1.54, 1.807) is 12.4 Å². The third-order valence-corrected chi connectivity index (χ3v) is 2.70. The molecule has 1 N–H and O–H groups in total. The topological polar surface area (TPSA) is 50.9 Å². The van der Waals surface area contributed by atoms with Gasteiger partial charge < -0.3 is 9.67 Å². The van der Waals surface area contributed by atoms with Gasteiger partial charge in [-0.2, -0.15) is 0 Å². The summed E-state index contributed by atoms with van der Waals surface area (Å²) in [5.74, 6) is 0.838. The molecule has 0 amide bonds. The third kappa shape index (κ3) is 1.48. The molecule has 68 valence electrons. The van der Waals surface area contributed by atoms with Crippen LogP contribution >= 0.6 is 11.3 Å². The van der Waals surface area contributed by atoms with Gasteiger partial charge in [-0.25, -0.2) is 9.97 Å². The van der Waals surface area contributed by atoms with Gasteiger partial charge in [-0.15, -0.1) is 11.3 Å². The van der Waals surface area contributed by atoms with Crippen molar-refractivity contribution in [2.75, 3.05) is 0 Å². The normalized spacial score (nSPS) is 10.6. The second kappa shape index (κ2) is 3.27. The zero-order valence-corrected chi connectivity index (χ0v) is 7.95. The lowest BCUT2D eigenvalue weighted by Crippen LogP contribution is -1.89. The minimum absolute atomic E-state index is 0.0437. The van der Waals surface area contributed by atoms with Crippen molar-refractivity contribution < 1.29 is 5.11 Å². The van der Waals surface area contributed by atoms with Gasteiger partial charge in [-0.1, -0.05) is 0 Å². The van der Waals surface area contributed by atoms with Crippen LogP contribution in [0.4, 0.5) is 0 Å². The average molecular weight is 195 g/mol. The second-order valence-corrected chi connectivity index (χ2v) is 3.77. The standard InChI is InChI=1S/C8H9N3OS/c1-11-3-2-9-7(11)8-10-4-6(5-12)13-8/h2-4,12H,5H2,1H3. The van der Waals surface area contributed by atoms with Crippen LogP contribution < -0.4 is 0 Å². The van der Waals surface area contributed by atoms with E-state index < -0.39 is 0 Å². The van der Waals surface area contributed by atoms with Crippen LogP contribution in [-0.4, -0.2) is 19.6 Å². The number of aryl methyl sites for hydroxylation is 1. The number of hydrogen-bond donors (Lipinski definition) is 1. The van der Waals surface area contributed by atoms with Gasteiger partial charge in [0.2, 0.25) is 0 Å². The molecule has 0 spiro atoms. The van der Waals surface area contributed by atoms with E-state index in [1.165, 1.54) is 11.3 Å². The molecular weight excluding hydrogens is 186 g/mol. The minimum Gasteiger partial charge on any atom is -0.391 e. The van der Waals surface area contributed by atoms with Crippen LogP contribution in [0.5, 0.6) is 0 Å². The molecule has 4 nitrogen and oxygen atoms in total. The third-order valence-electron chi connectivity index (χ3n) is 1.72. The van der Waals surface area contributed by atoms with Gasteiger partial charge in [0.15, 0.2) is 10.8 Å². The Hall–Kier alpha value is -1.20. The quantitative estimate of drug-likeness (QED) is 0.778. The molecule has 0 aliphatic rings. The van der Waals surface area contributed by atoms with Gasteiger partial charge in [0.05, 0.1) is 11.5 Å². The van der Waals surface area contributed by atoms with Gasteiger partial charge in [-0.05, 0) is 0 Å². The fraction of sp³-hybridized carbons (Fsp3) is 0.250. The summed E-state index contributed by atoms with van der Waals surface area (Å²) in [7, 11) is 1.92. The van der Waals surface area contributed by atoms with E-state index in [0.717, 1.165) is 15.7 Å². The Morgan fingerprint density at radius 3 is 2.92 bits per heavy atom. The predicted molar refractivity (Wildman–Crippen MR) is 50.2 cm³/mol. The number of aliphatic hydroxyl groups excluding tert-OH is 1. The van der Waals surface area contributed by atoms with Crippen LogP contribution in [0, 0.1) is 0 Å². The fourth-order valence-corrected chi connectivity index (χ4v) is 1.87. The number of aliphatic hydroxyl groups is 1. The zero-order valence-electron chi connectivity index (χ0n) is 7.14. The van der Waals surface area contributed by atoms with E-state index in [4.69, 9.17) is 5.11 Å². The maximum atomic E-state index is 8.86. The SMILES string of the molecule is Cn1ccnc1-c1ncc(CO)s1. The first-order valence-electron chi connectivity index (χ1n) is 3.84. The Bertz CT molecular complexity index is 407. The number of thiazole rings is 1. The van der Waals surface area contributed by atoms with Crippen molar-refractivity contribution >= 4 is 11.3 Å². The molecule has 2 aromatic heterocycles. The van der Waals surface area contributed by atoms with Gasteiger partial charge >= 0.3 is 0 Å². The monoisotopic (exact) mass is 195 g/mol. The van der Waals surface area contributed by atoms with E-state index in [9.17, 15) is 0 Å². The number of aromatic nitrogens is 3. The van der Waals surface area contributed by atoms with E-state index in [2.05, 4.69) is 9.97 Å². The lowest BCUT2D eigenvalue weighted by atomic mass is 10.6. The van der Waals surface area contributed by atoms with Crippen LogP contribution in [0.25, 0.3) is 10.8 Å². The van der Waals surface area contributed by atoms with Crippen LogP contribution in [0.1, 0.15) is 4.88 Å². The number of imidazole rings is 1. The van der Waals surface area contributed by atoms with Crippen LogP contribution in [0.15, 0.2) is 18.6 Å². The van der Waals surface area contributed by atoms with E-state index >= 15 is 0 Å². The van der Waals surface area contributed by atoms with E-state index in [-0.39, 0.29) is 6.61 Å². The summed E-state index contributed by atoms with van der Waals surface area (Å²) in [6, 6.07) is 0. The maximum absolute atomic E-state index is 8.86. The Balaban J connectivity index is 2.41. The molecule has 2 heterocycles. The van der Waals surface area contributed by atoms with Crippen LogP contribution in [0.2, 0.25) is 0 Å². The molecule has 0 aliphatic carbocycles. The molecule has 13 heavy (non-hydrogen) atoms. The molecule has 0 saturated heterocycles. The molecule has 2 rings (SSSR count). The minimum atomic E-state index is 0.0437. The Labute approximate surface area is 79.5 Å². The maximum Gasteiger partial charge on any atom is 0.168 e. The second-order valence-electron chi connectivity index (χ2n) is 2.65. The van der Waals surface area contributed by atoms with Gasteiger partial charge in [0.25, 0.3) is 0 Å². The van der Waals surface area contributed by atoms with Crippen molar-refractivity contribution in [3.8, 4) is 10.8 Å². The van der Waals surface area contributed by atoms with Crippen molar-refractivity contribution in [3.05, 3.63) is 23.5 Å². The number of rotatable bonds is 2. The summed E-state index contributed by atoms with van der Waals surface area (Å²) in [6.45, 7) is 0.0437. The van der Waals surface area contributed by atoms with E-state index in [0.29, 0.717) is 0 Å². The largest absolute Gasteiger partial charge is 0.391 e. The summed E-state index contributed by atoms with van der Waals surface area (Å²) in [5.41, 5.74) is 0. The lowest BCUT2D eigenvalue weighted by Gasteiger charge is -1.94. The molecule has 0 fully saturated rings. The zero-order chi connectivity index (χ0) is 9.26. The molecule has 5 heteroatoms. The first kappa shape index (κ1) is 8.40. The number of nitrogens with zero attached hydrogens (tertiary/aromatic N) is 3. The van der Waals surface area contributed by atoms with Crippen molar-refractivity contribution in [1.29, 1.82) is 0 Å². The fourth-order valence-electron chi connectivity index (χ4n) is 1.06. The molecule has 0 bridgehead atoms. The molecule has 0 aromatic carbocycles. The highest BCUT2D eigenvalue weighted by Gasteiger charge is 2.07. The van der Waals surface area contributed by atoms with Crippen molar-refractivity contribution in [3.63, 3.8) is 0 Å². The molecule has 0 aliphatic heterocycles. The molecule has 0 unspecified atom stereocenters. The summed E-state index contributed by atoms with van der Waals surface area (Å²) >= 11 is 1.46. The van der Waals surface area contributed by atoms with Gasteiger partial charge in [0, 0.05) is 25.6 Å². The summed E-state index contributed by atoms with van der Waals surface area (Å²) < 4.78 is 1.90. The van der Waals surface area contributed by atoms with Crippen LogP contribution in [-0.2, 0) is 13.7 Å². The number of hydrogen-bond acceptors (Lipinski definition) is 4. The summed E-state index contributed by atoms with van der Waals surface area (Å²) in [6.07, 6.45) is 5.28. The van der Waals surface area contributed by atoms with Gasteiger partial charge in [-0.3, -0.25) is 0 Å². The van der Waals surface area contributed by atoms with Crippen molar-refractivity contribution in [2.45, 2.75) is 6.61 Å². The molecule has 0 saturated carbocycles. The van der Waals surface area contributed by atoms with Crippen molar-refractivity contribution in [1.82, 2.24) is 14.5 Å². The molecular formula is C8H9N3OS. The Morgan fingerprint density at radius 1 is 1.54 bits per heavy atom. The summed E-state index contributed by atoms with van der Waals surface area (Å²) in [5, 5.41) is 9.70. The lowest BCUT2D eigenvalue weighted by molar-refractivity contribution is 0.285. The van der Waals surface area contributed by atoms with E-state index in [1.807, 2.05) is 17.8 Å². The highest BCUT2D eigenvalue weighted by atomic mass is 32.1. The van der Waals surface area contributed by atoms with Crippen molar-refractivity contribution in [2.24, 2.45) is 7.05 Å². The predicted octanol–water partition coefficient (Wildman–Crippen LogP) is 1.04. The molecule has 0 radical (unpaired) electrons. The smallest absolute Gasteiger partial charge is 0.168 e. The van der Waals surface area contributed by atoms with Gasteiger partial charge in [0.1, 0.15) is 0 Å². The first-order valence-corrected chi connectivity index (χ1v) is 4.66. The average Bonchev–Trinajstić information content (AvgIpc) is 2.71. The molecule has 2 aromatic rings. The highest BCUT2D eigenvalue weighted by Crippen LogP contribution is 2.22. The summed E-state index contributed by atoms with van der Waals surface area (Å²) in [4.78, 5) is 9.19. The molecule has 0 atom stereocenters. The van der Waals surface area contributed by atoms with Crippen LogP contribution in [0.3, 0.4) is 0 Å². The first-order chi connectivity index (χ1) is 6.31. The highest BCUT2D eigenvalue weighted by molar-refractivity contribution is 7.14. The Morgan fingerprint density at radius 2 is 2.38 bits per heavy atom. The Kier molecular flexibility index (Phi) is 2.12.